The molecule has 1 amide bonds. The molecular weight excluding hydrogens is 252 g/mol. The van der Waals surface area contributed by atoms with Crippen LogP contribution in [0.2, 0.25) is 0 Å². The van der Waals surface area contributed by atoms with Gasteiger partial charge in [-0.3, -0.25) is 10.1 Å². The van der Waals surface area contributed by atoms with Gasteiger partial charge in [-0.25, -0.2) is 0 Å². The first kappa shape index (κ1) is 16.5. The maximum atomic E-state index is 12.1. The van der Waals surface area contributed by atoms with Gasteiger partial charge in [0.25, 0.3) is 0 Å². The quantitative estimate of drug-likeness (QED) is 0.870. The third kappa shape index (κ3) is 4.85. The standard InChI is InChI=1S/C16H26N2O2/c1-11(13-9-7-8-10-14(13)20-6)17-12(2)15(19)18-16(3,4)5/h7-12,17H,1-6H3,(H,18,19)/t11-,12?/m0/s1. The third-order valence-electron chi connectivity index (χ3n) is 3.00. The number of hydrogen-bond acceptors (Lipinski definition) is 3. The van der Waals surface area contributed by atoms with Crippen LogP contribution in [-0.4, -0.2) is 24.6 Å². The van der Waals surface area contributed by atoms with Crippen LogP contribution in [0.15, 0.2) is 24.3 Å². The maximum Gasteiger partial charge on any atom is 0.237 e. The Kier molecular flexibility index (Phi) is 5.57. The second-order valence-electron chi connectivity index (χ2n) is 6.09. The highest BCUT2D eigenvalue weighted by atomic mass is 16.5. The lowest BCUT2D eigenvalue weighted by Crippen LogP contribution is -2.50. The zero-order valence-electron chi connectivity index (χ0n) is 13.3. The van der Waals surface area contributed by atoms with Crippen LogP contribution >= 0.6 is 0 Å². The molecule has 1 rings (SSSR count). The van der Waals surface area contributed by atoms with Crippen LogP contribution in [0.4, 0.5) is 0 Å². The summed E-state index contributed by atoms with van der Waals surface area (Å²) in [6, 6.07) is 7.60. The molecule has 20 heavy (non-hydrogen) atoms. The van der Waals surface area contributed by atoms with Gasteiger partial charge in [0.15, 0.2) is 0 Å². The van der Waals surface area contributed by atoms with Crippen LogP contribution in [0, 0.1) is 0 Å². The van der Waals surface area contributed by atoms with Gasteiger partial charge >= 0.3 is 0 Å². The predicted octanol–water partition coefficient (Wildman–Crippen LogP) is 2.65. The number of hydrogen-bond donors (Lipinski definition) is 2. The molecule has 0 aliphatic carbocycles. The Morgan fingerprint density at radius 3 is 2.35 bits per heavy atom. The number of rotatable bonds is 5. The van der Waals surface area contributed by atoms with Crippen molar-refractivity contribution in [2.75, 3.05) is 7.11 Å². The Balaban J connectivity index is 2.70. The molecule has 112 valence electrons. The van der Waals surface area contributed by atoms with Crippen LogP contribution in [-0.2, 0) is 4.79 Å². The van der Waals surface area contributed by atoms with Gasteiger partial charge in [0.1, 0.15) is 5.75 Å². The highest BCUT2D eigenvalue weighted by molar-refractivity contribution is 5.82. The molecule has 0 spiro atoms. The molecule has 1 aromatic carbocycles. The molecule has 0 radical (unpaired) electrons. The van der Waals surface area contributed by atoms with Gasteiger partial charge in [-0.1, -0.05) is 18.2 Å². The summed E-state index contributed by atoms with van der Waals surface area (Å²) in [6.45, 7) is 9.82. The summed E-state index contributed by atoms with van der Waals surface area (Å²) in [4.78, 5) is 12.1. The molecule has 0 bridgehead atoms. The normalized spacial score (nSPS) is 14.5. The summed E-state index contributed by atoms with van der Waals surface area (Å²) in [5.41, 5.74) is 0.825. The lowest BCUT2D eigenvalue weighted by atomic mass is 10.1. The zero-order valence-corrected chi connectivity index (χ0v) is 13.3. The van der Waals surface area contributed by atoms with E-state index in [0.717, 1.165) is 11.3 Å². The van der Waals surface area contributed by atoms with Gasteiger partial charge in [0, 0.05) is 17.1 Å². The second-order valence-corrected chi connectivity index (χ2v) is 6.09. The molecule has 2 N–H and O–H groups in total. The summed E-state index contributed by atoms with van der Waals surface area (Å²) < 4.78 is 5.35. The number of carbonyl (C=O) groups is 1. The maximum absolute atomic E-state index is 12.1. The van der Waals surface area contributed by atoms with Crippen LogP contribution < -0.4 is 15.4 Å². The minimum Gasteiger partial charge on any atom is -0.496 e. The summed E-state index contributed by atoms with van der Waals surface area (Å²) in [6.07, 6.45) is 0. The van der Waals surface area contributed by atoms with Crippen molar-refractivity contribution in [1.82, 2.24) is 10.6 Å². The number of carbonyl (C=O) groups excluding carboxylic acids is 1. The number of para-hydroxylation sites is 1. The zero-order chi connectivity index (χ0) is 15.3. The Labute approximate surface area is 121 Å². The van der Waals surface area contributed by atoms with Gasteiger partial charge in [-0.05, 0) is 40.7 Å². The van der Waals surface area contributed by atoms with Gasteiger partial charge in [-0.2, -0.15) is 0 Å². The number of benzene rings is 1. The molecule has 1 unspecified atom stereocenters. The lowest BCUT2D eigenvalue weighted by molar-refractivity contribution is -0.124. The van der Waals surface area contributed by atoms with Crippen LogP contribution in [0.25, 0.3) is 0 Å². The summed E-state index contributed by atoms with van der Waals surface area (Å²) in [7, 11) is 1.65. The first-order chi connectivity index (χ1) is 9.24. The topological polar surface area (TPSA) is 50.4 Å². The van der Waals surface area contributed by atoms with Crippen molar-refractivity contribution in [3.63, 3.8) is 0 Å². The summed E-state index contributed by atoms with van der Waals surface area (Å²) in [5, 5.41) is 6.27. The highest BCUT2D eigenvalue weighted by Crippen LogP contribution is 2.24. The van der Waals surface area contributed by atoms with E-state index in [0.29, 0.717) is 0 Å². The lowest BCUT2D eigenvalue weighted by Gasteiger charge is -2.26. The smallest absolute Gasteiger partial charge is 0.237 e. The van der Waals surface area contributed by atoms with E-state index in [1.165, 1.54) is 0 Å². The Bertz CT molecular complexity index is 452. The first-order valence-electron chi connectivity index (χ1n) is 6.95. The molecule has 2 atom stereocenters. The van der Waals surface area contributed by atoms with Crippen molar-refractivity contribution in [2.24, 2.45) is 0 Å². The van der Waals surface area contributed by atoms with E-state index in [1.807, 2.05) is 58.9 Å². The monoisotopic (exact) mass is 278 g/mol. The Morgan fingerprint density at radius 1 is 1.20 bits per heavy atom. The summed E-state index contributed by atoms with van der Waals surface area (Å²) in [5.74, 6) is 0.829. The number of nitrogens with one attached hydrogen (secondary N) is 2. The highest BCUT2D eigenvalue weighted by Gasteiger charge is 2.21. The fourth-order valence-corrected chi connectivity index (χ4v) is 2.04. The second kappa shape index (κ2) is 6.75. The average molecular weight is 278 g/mol. The average Bonchev–Trinajstić information content (AvgIpc) is 2.36. The molecule has 0 saturated heterocycles. The van der Waals surface area contributed by atoms with Crippen molar-refractivity contribution in [1.29, 1.82) is 0 Å². The number of amides is 1. The molecule has 4 heteroatoms. The molecule has 0 aliphatic heterocycles. The first-order valence-corrected chi connectivity index (χ1v) is 6.95. The molecule has 0 aromatic heterocycles. The molecule has 0 saturated carbocycles. The van der Waals surface area contributed by atoms with E-state index >= 15 is 0 Å². The molecular formula is C16H26N2O2. The van der Waals surface area contributed by atoms with Gasteiger partial charge in [-0.15, -0.1) is 0 Å². The van der Waals surface area contributed by atoms with E-state index < -0.39 is 0 Å². The fourth-order valence-electron chi connectivity index (χ4n) is 2.04. The van der Waals surface area contributed by atoms with E-state index in [1.54, 1.807) is 7.11 Å². The van der Waals surface area contributed by atoms with E-state index in [9.17, 15) is 4.79 Å². The molecule has 0 aliphatic rings. The van der Waals surface area contributed by atoms with Gasteiger partial charge in [0.2, 0.25) is 5.91 Å². The molecule has 4 nitrogen and oxygen atoms in total. The molecule has 0 fully saturated rings. The van der Waals surface area contributed by atoms with Crippen LogP contribution in [0.1, 0.15) is 46.2 Å². The molecule has 0 heterocycles. The number of methoxy groups -OCH3 is 1. The van der Waals surface area contributed by atoms with E-state index in [4.69, 9.17) is 4.74 Å². The van der Waals surface area contributed by atoms with Crippen LogP contribution in [0.5, 0.6) is 5.75 Å². The van der Waals surface area contributed by atoms with E-state index in [-0.39, 0.29) is 23.5 Å². The van der Waals surface area contributed by atoms with Crippen molar-refractivity contribution < 1.29 is 9.53 Å². The van der Waals surface area contributed by atoms with Crippen molar-refractivity contribution in [2.45, 2.75) is 52.2 Å². The minimum absolute atomic E-state index is 0.000696. The van der Waals surface area contributed by atoms with Crippen LogP contribution in [0.3, 0.4) is 0 Å². The minimum atomic E-state index is -0.269. The largest absolute Gasteiger partial charge is 0.496 e. The van der Waals surface area contributed by atoms with Crippen molar-refractivity contribution >= 4 is 5.91 Å². The van der Waals surface area contributed by atoms with Crippen molar-refractivity contribution in [3.05, 3.63) is 29.8 Å². The van der Waals surface area contributed by atoms with Crippen molar-refractivity contribution in [3.8, 4) is 5.75 Å². The van der Waals surface area contributed by atoms with Gasteiger partial charge < -0.3 is 10.1 Å². The van der Waals surface area contributed by atoms with Gasteiger partial charge in [0.05, 0.1) is 13.2 Å². The SMILES string of the molecule is COc1ccccc1[C@H](C)NC(C)C(=O)NC(C)(C)C. The third-order valence-corrected chi connectivity index (χ3v) is 3.00. The molecule has 1 aromatic rings. The number of ether oxygens (including phenoxy) is 1. The Morgan fingerprint density at radius 2 is 1.80 bits per heavy atom. The Hall–Kier alpha value is -1.55. The van der Waals surface area contributed by atoms with E-state index in [2.05, 4.69) is 10.6 Å². The fraction of sp³-hybridized carbons (Fsp3) is 0.562. The predicted molar refractivity (Wildman–Crippen MR) is 81.9 cm³/mol. The summed E-state index contributed by atoms with van der Waals surface area (Å²) >= 11 is 0.